The zero-order valence-electron chi connectivity index (χ0n) is 12.8. The monoisotopic (exact) mass is 300 g/mol. The van der Waals surface area contributed by atoms with Crippen molar-refractivity contribution in [1.82, 2.24) is 4.31 Å². The van der Waals surface area contributed by atoms with E-state index in [1.807, 2.05) is 0 Å². The maximum atomic E-state index is 12.0. The summed E-state index contributed by atoms with van der Waals surface area (Å²) < 4.78 is 30.7. The molecule has 0 saturated heterocycles. The van der Waals surface area contributed by atoms with Gasteiger partial charge < -0.3 is 10.5 Å². The minimum Gasteiger partial charge on any atom is -0.491 e. The summed E-state index contributed by atoms with van der Waals surface area (Å²) in [7, 11) is -0.491. The van der Waals surface area contributed by atoms with E-state index < -0.39 is 10.0 Å². The van der Waals surface area contributed by atoms with Crippen LogP contribution in [0.15, 0.2) is 23.1 Å². The number of anilines is 1. The van der Waals surface area contributed by atoms with E-state index in [9.17, 15) is 8.42 Å². The molecule has 0 saturated carbocycles. The third kappa shape index (κ3) is 4.38. The fourth-order valence-electron chi connectivity index (χ4n) is 1.50. The number of hydrogen-bond donors (Lipinski definition) is 1. The predicted octanol–water partition coefficient (Wildman–Crippen LogP) is 2.33. The topological polar surface area (TPSA) is 72.6 Å². The fraction of sp³-hybridized carbons (Fsp3) is 0.571. The van der Waals surface area contributed by atoms with Gasteiger partial charge in [0.1, 0.15) is 5.75 Å². The van der Waals surface area contributed by atoms with Crippen molar-refractivity contribution in [3.05, 3.63) is 18.2 Å². The van der Waals surface area contributed by atoms with Crippen molar-refractivity contribution in [2.45, 2.75) is 32.1 Å². The number of nitrogens with two attached hydrogens (primary N) is 1. The van der Waals surface area contributed by atoms with E-state index in [2.05, 4.69) is 20.8 Å². The number of nitrogen functional groups attached to an aromatic ring is 1. The van der Waals surface area contributed by atoms with E-state index in [4.69, 9.17) is 10.5 Å². The molecule has 0 aliphatic carbocycles. The second-order valence-electron chi connectivity index (χ2n) is 6.15. The summed E-state index contributed by atoms with van der Waals surface area (Å²) in [5.74, 6) is 0.520. The summed E-state index contributed by atoms with van der Waals surface area (Å²) in [4.78, 5) is 0.170. The first kappa shape index (κ1) is 16.8. The van der Waals surface area contributed by atoms with Crippen molar-refractivity contribution in [2.75, 3.05) is 26.4 Å². The van der Waals surface area contributed by atoms with Crippen LogP contribution in [0.25, 0.3) is 0 Å². The van der Waals surface area contributed by atoms with E-state index >= 15 is 0 Å². The molecule has 0 aliphatic rings. The molecule has 6 heteroatoms. The third-order valence-electron chi connectivity index (χ3n) is 2.87. The standard InChI is InChI=1S/C14H24N2O3S/c1-14(2,3)8-9-19-13-7-6-11(10-12(13)15)20(17,18)16(4)5/h6-7,10H,8-9,15H2,1-5H3. The zero-order valence-corrected chi connectivity index (χ0v) is 13.6. The number of hydrogen-bond acceptors (Lipinski definition) is 4. The summed E-state index contributed by atoms with van der Waals surface area (Å²) in [5.41, 5.74) is 6.38. The molecule has 1 aromatic rings. The van der Waals surface area contributed by atoms with Gasteiger partial charge >= 0.3 is 0 Å². The molecule has 0 bridgehead atoms. The predicted molar refractivity (Wildman–Crippen MR) is 81.3 cm³/mol. The van der Waals surface area contributed by atoms with E-state index in [-0.39, 0.29) is 10.3 Å². The zero-order chi connectivity index (χ0) is 15.6. The summed E-state index contributed by atoms with van der Waals surface area (Å²) in [6.45, 7) is 6.94. The molecule has 1 rings (SSSR count). The summed E-state index contributed by atoms with van der Waals surface area (Å²) in [6, 6.07) is 4.55. The number of nitrogens with zero attached hydrogens (tertiary/aromatic N) is 1. The second kappa shape index (κ2) is 6.01. The molecule has 5 nitrogen and oxygen atoms in total. The Kier molecular flexibility index (Phi) is 5.05. The third-order valence-corrected chi connectivity index (χ3v) is 4.68. The van der Waals surface area contributed by atoms with Crippen LogP contribution >= 0.6 is 0 Å². The highest BCUT2D eigenvalue weighted by atomic mass is 32.2. The lowest BCUT2D eigenvalue weighted by atomic mass is 9.93. The molecule has 114 valence electrons. The Labute approximate surface area is 121 Å². The normalized spacial score (nSPS) is 12.7. The highest BCUT2D eigenvalue weighted by molar-refractivity contribution is 7.89. The SMILES string of the molecule is CN(C)S(=O)(=O)c1ccc(OCCC(C)(C)C)c(N)c1. The molecule has 0 unspecified atom stereocenters. The highest BCUT2D eigenvalue weighted by Gasteiger charge is 2.18. The van der Waals surface area contributed by atoms with E-state index in [1.54, 1.807) is 6.07 Å². The maximum Gasteiger partial charge on any atom is 0.242 e. The Balaban J connectivity index is 2.85. The van der Waals surface area contributed by atoms with Crippen LogP contribution in [-0.2, 0) is 10.0 Å². The fourth-order valence-corrected chi connectivity index (χ4v) is 2.43. The second-order valence-corrected chi connectivity index (χ2v) is 8.30. The molecule has 20 heavy (non-hydrogen) atoms. The Morgan fingerprint density at radius 3 is 2.30 bits per heavy atom. The summed E-state index contributed by atoms with van der Waals surface area (Å²) >= 11 is 0. The van der Waals surface area contributed by atoms with Gasteiger partial charge in [-0.2, -0.15) is 0 Å². The molecule has 2 N–H and O–H groups in total. The van der Waals surface area contributed by atoms with Gasteiger partial charge in [0.2, 0.25) is 10.0 Å². The lowest BCUT2D eigenvalue weighted by Crippen LogP contribution is -2.22. The van der Waals surface area contributed by atoms with Crippen LogP contribution in [0.1, 0.15) is 27.2 Å². The number of sulfonamides is 1. The Hall–Kier alpha value is -1.27. The van der Waals surface area contributed by atoms with Gasteiger partial charge in [-0.25, -0.2) is 12.7 Å². The van der Waals surface area contributed by atoms with Crippen LogP contribution in [-0.4, -0.2) is 33.4 Å². The van der Waals surface area contributed by atoms with Crippen molar-refractivity contribution in [1.29, 1.82) is 0 Å². The van der Waals surface area contributed by atoms with E-state index in [1.165, 1.54) is 26.2 Å². The lowest BCUT2D eigenvalue weighted by molar-refractivity contribution is 0.244. The number of ether oxygens (including phenoxy) is 1. The van der Waals surface area contributed by atoms with Gasteiger partial charge in [0.05, 0.1) is 17.2 Å². The summed E-state index contributed by atoms with van der Waals surface area (Å²) in [6.07, 6.45) is 0.893. The van der Waals surface area contributed by atoms with Crippen molar-refractivity contribution in [3.8, 4) is 5.75 Å². The van der Waals surface area contributed by atoms with Crippen LogP contribution in [0.4, 0.5) is 5.69 Å². The maximum absolute atomic E-state index is 12.0. The van der Waals surface area contributed by atoms with Gasteiger partial charge in [-0.3, -0.25) is 0 Å². The van der Waals surface area contributed by atoms with Gasteiger partial charge in [-0.05, 0) is 30.0 Å². The molecule has 0 aromatic heterocycles. The van der Waals surface area contributed by atoms with Gasteiger partial charge in [0, 0.05) is 14.1 Å². The largest absolute Gasteiger partial charge is 0.491 e. The van der Waals surface area contributed by atoms with Crippen molar-refractivity contribution in [2.24, 2.45) is 5.41 Å². The molecule has 1 aromatic carbocycles. The van der Waals surface area contributed by atoms with Crippen LogP contribution < -0.4 is 10.5 Å². The molecular weight excluding hydrogens is 276 g/mol. The molecule has 0 amide bonds. The lowest BCUT2D eigenvalue weighted by Gasteiger charge is -2.19. The van der Waals surface area contributed by atoms with Crippen LogP contribution in [0.5, 0.6) is 5.75 Å². The van der Waals surface area contributed by atoms with Crippen LogP contribution in [0.2, 0.25) is 0 Å². The summed E-state index contributed by atoms with van der Waals surface area (Å²) in [5, 5.41) is 0. The smallest absolute Gasteiger partial charge is 0.242 e. The van der Waals surface area contributed by atoms with Crippen molar-refractivity contribution >= 4 is 15.7 Å². The van der Waals surface area contributed by atoms with Crippen molar-refractivity contribution in [3.63, 3.8) is 0 Å². The molecule has 0 radical (unpaired) electrons. The number of rotatable bonds is 5. The van der Waals surface area contributed by atoms with Gasteiger partial charge in [0.25, 0.3) is 0 Å². The van der Waals surface area contributed by atoms with Gasteiger partial charge in [-0.15, -0.1) is 0 Å². The molecular formula is C14H24N2O3S. The number of benzene rings is 1. The quantitative estimate of drug-likeness (QED) is 0.847. The van der Waals surface area contributed by atoms with E-state index in [0.717, 1.165) is 10.7 Å². The minimum absolute atomic E-state index is 0.170. The average molecular weight is 300 g/mol. The Bertz CT molecular complexity index is 560. The molecule has 0 heterocycles. The first-order valence-corrected chi connectivity index (χ1v) is 7.93. The Morgan fingerprint density at radius 1 is 1.25 bits per heavy atom. The molecule has 0 atom stereocenters. The van der Waals surface area contributed by atoms with Crippen LogP contribution in [0.3, 0.4) is 0 Å². The van der Waals surface area contributed by atoms with Crippen molar-refractivity contribution < 1.29 is 13.2 Å². The minimum atomic E-state index is -3.46. The molecule has 0 spiro atoms. The van der Waals surface area contributed by atoms with Gasteiger partial charge in [0.15, 0.2) is 0 Å². The highest BCUT2D eigenvalue weighted by Crippen LogP contribution is 2.27. The average Bonchev–Trinajstić information content (AvgIpc) is 2.29. The van der Waals surface area contributed by atoms with Crippen LogP contribution in [0, 0.1) is 5.41 Å². The molecule has 0 fully saturated rings. The Morgan fingerprint density at radius 2 is 1.85 bits per heavy atom. The first-order chi connectivity index (χ1) is 9.04. The molecule has 0 aliphatic heterocycles. The van der Waals surface area contributed by atoms with Gasteiger partial charge in [-0.1, -0.05) is 20.8 Å². The van der Waals surface area contributed by atoms with E-state index in [0.29, 0.717) is 18.0 Å². The first-order valence-electron chi connectivity index (χ1n) is 6.49.